The summed E-state index contributed by atoms with van der Waals surface area (Å²) in [6.45, 7) is 0.967. The number of nitrogens with zero attached hydrogens (tertiary/aromatic N) is 2. The SMILES string of the molecule is COc1ccc(C2(CSc3nnc(-c4ccc(O)cc4)o3)OCCO2)cc1OC. The van der Waals surface area contributed by atoms with Gasteiger partial charge in [0.05, 0.1) is 33.2 Å². The molecule has 1 N–H and O–H groups in total. The first-order valence-corrected chi connectivity index (χ1v) is 9.88. The van der Waals surface area contributed by atoms with Crippen molar-refractivity contribution in [3.63, 3.8) is 0 Å². The van der Waals surface area contributed by atoms with Gasteiger partial charge in [-0.1, -0.05) is 11.8 Å². The van der Waals surface area contributed by atoms with E-state index < -0.39 is 5.79 Å². The molecule has 1 aliphatic heterocycles. The number of benzene rings is 2. The predicted octanol–water partition coefficient (Wildman–Crippen LogP) is 3.45. The van der Waals surface area contributed by atoms with Crippen LogP contribution in [0.3, 0.4) is 0 Å². The van der Waals surface area contributed by atoms with Crippen LogP contribution in [0.1, 0.15) is 5.56 Å². The van der Waals surface area contributed by atoms with Gasteiger partial charge in [0, 0.05) is 11.1 Å². The van der Waals surface area contributed by atoms with Crippen LogP contribution in [0.4, 0.5) is 0 Å². The van der Waals surface area contributed by atoms with E-state index in [0.29, 0.717) is 41.6 Å². The molecule has 1 fully saturated rings. The highest BCUT2D eigenvalue weighted by Crippen LogP contribution is 2.40. The third-order valence-electron chi connectivity index (χ3n) is 4.48. The molecule has 0 unspecified atom stereocenters. The Balaban J connectivity index is 1.53. The lowest BCUT2D eigenvalue weighted by Gasteiger charge is -2.27. The van der Waals surface area contributed by atoms with Crippen molar-refractivity contribution in [2.24, 2.45) is 0 Å². The summed E-state index contributed by atoms with van der Waals surface area (Å²) in [7, 11) is 3.18. The zero-order valence-corrected chi connectivity index (χ0v) is 16.8. The van der Waals surface area contributed by atoms with E-state index in [-0.39, 0.29) is 5.75 Å². The molecular formula is C20H20N2O6S. The lowest BCUT2D eigenvalue weighted by molar-refractivity contribution is -0.145. The Morgan fingerprint density at radius 3 is 2.41 bits per heavy atom. The molecule has 152 valence electrons. The van der Waals surface area contributed by atoms with Crippen LogP contribution in [0.5, 0.6) is 17.2 Å². The number of aromatic hydroxyl groups is 1. The van der Waals surface area contributed by atoms with Crippen LogP contribution in [0, 0.1) is 0 Å². The first kappa shape index (κ1) is 19.6. The quantitative estimate of drug-likeness (QED) is 0.581. The summed E-state index contributed by atoms with van der Waals surface area (Å²) in [5.41, 5.74) is 1.54. The summed E-state index contributed by atoms with van der Waals surface area (Å²) in [6.07, 6.45) is 0. The number of aromatic nitrogens is 2. The average Bonchev–Trinajstić information content (AvgIpc) is 3.43. The Morgan fingerprint density at radius 2 is 1.72 bits per heavy atom. The molecule has 2 aromatic carbocycles. The maximum atomic E-state index is 9.41. The molecule has 0 amide bonds. The minimum atomic E-state index is -0.947. The molecular weight excluding hydrogens is 396 g/mol. The molecule has 0 bridgehead atoms. The highest BCUT2D eigenvalue weighted by molar-refractivity contribution is 7.99. The number of hydrogen-bond acceptors (Lipinski definition) is 9. The summed E-state index contributed by atoms with van der Waals surface area (Å²) in [5, 5.41) is 18.0. The summed E-state index contributed by atoms with van der Waals surface area (Å²) < 4.78 is 28.4. The average molecular weight is 416 g/mol. The Bertz CT molecular complexity index is 969. The van der Waals surface area contributed by atoms with E-state index in [9.17, 15) is 5.11 Å². The molecule has 0 radical (unpaired) electrons. The van der Waals surface area contributed by atoms with E-state index in [1.165, 1.54) is 11.8 Å². The lowest BCUT2D eigenvalue weighted by atomic mass is 10.1. The van der Waals surface area contributed by atoms with Crippen molar-refractivity contribution in [1.29, 1.82) is 0 Å². The zero-order valence-electron chi connectivity index (χ0n) is 16.0. The second kappa shape index (κ2) is 8.32. The van der Waals surface area contributed by atoms with E-state index in [2.05, 4.69) is 10.2 Å². The molecule has 2 heterocycles. The Morgan fingerprint density at radius 1 is 1.00 bits per heavy atom. The molecule has 1 aliphatic rings. The number of methoxy groups -OCH3 is 2. The Kier molecular flexibility index (Phi) is 5.61. The normalized spacial score (nSPS) is 15.4. The standard InChI is InChI=1S/C20H20N2O6S/c1-24-16-8-5-14(11-17(16)25-2)20(26-9-10-27-20)12-29-19-22-21-18(28-19)13-3-6-15(23)7-4-13/h3-8,11,23H,9-10,12H2,1-2H3. The van der Waals surface area contributed by atoms with Crippen LogP contribution >= 0.6 is 11.8 Å². The molecule has 8 nitrogen and oxygen atoms in total. The van der Waals surface area contributed by atoms with Gasteiger partial charge in [-0.05, 0) is 42.5 Å². The highest BCUT2D eigenvalue weighted by Gasteiger charge is 2.40. The summed E-state index contributed by atoms with van der Waals surface area (Å²) in [5.74, 6) is 1.25. The molecule has 0 saturated carbocycles. The van der Waals surface area contributed by atoms with Crippen molar-refractivity contribution < 1.29 is 28.5 Å². The van der Waals surface area contributed by atoms with E-state index >= 15 is 0 Å². The smallest absolute Gasteiger partial charge is 0.277 e. The molecule has 1 aromatic heterocycles. The highest BCUT2D eigenvalue weighted by atomic mass is 32.2. The summed E-state index contributed by atoms with van der Waals surface area (Å²) >= 11 is 1.34. The minimum absolute atomic E-state index is 0.176. The molecule has 0 aliphatic carbocycles. The third kappa shape index (κ3) is 4.02. The van der Waals surface area contributed by atoms with E-state index in [1.807, 2.05) is 18.2 Å². The van der Waals surface area contributed by atoms with Gasteiger partial charge >= 0.3 is 0 Å². The van der Waals surface area contributed by atoms with Crippen molar-refractivity contribution in [2.75, 3.05) is 33.2 Å². The van der Waals surface area contributed by atoms with E-state index in [1.54, 1.807) is 38.5 Å². The number of hydrogen-bond donors (Lipinski definition) is 1. The number of rotatable bonds is 7. The summed E-state index contributed by atoms with van der Waals surface area (Å²) in [6, 6.07) is 12.1. The lowest BCUT2D eigenvalue weighted by Crippen LogP contribution is -2.30. The van der Waals surface area contributed by atoms with Crippen molar-refractivity contribution in [3.8, 4) is 28.7 Å². The second-order valence-corrected chi connectivity index (χ2v) is 7.15. The fourth-order valence-electron chi connectivity index (χ4n) is 3.01. The fraction of sp³-hybridized carbons (Fsp3) is 0.300. The number of ether oxygens (including phenoxy) is 4. The molecule has 0 atom stereocenters. The zero-order chi connectivity index (χ0) is 20.3. The van der Waals surface area contributed by atoms with Gasteiger partial charge in [-0.15, -0.1) is 10.2 Å². The van der Waals surface area contributed by atoms with Gasteiger partial charge in [0.2, 0.25) is 11.7 Å². The van der Waals surface area contributed by atoms with Gasteiger partial charge in [0.15, 0.2) is 11.5 Å². The van der Waals surface area contributed by atoms with Crippen molar-refractivity contribution in [3.05, 3.63) is 48.0 Å². The summed E-state index contributed by atoms with van der Waals surface area (Å²) in [4.78, 5) is 0. The first-order valence-electron chi connectivity index (χ1n) is 8.90. The van der Waals surface area contributed by atoms with Crippen LogP contribution in [0.15, 0.2) is 52.1 Å². The Hall–Kier alpha value is -2.75. The van der Waals surface area contributed by atoms with Crippen LogP contribution in [-0.2, 0) is 15.3 Å². The fourth-order valence-corrected chi connectivity index (χ4v) is 3.89. The third-order valence-corrected chi connectivity index (χ3v) is 5.42. The molecule has 3 aromatic rings. The molecule has 9 heteroatoms. The molecule has 0 spiro atoms. The molecule has 29 heavy (non-hydrogen) atoms. The monoisotopic (exact) mass is 416 g/mol. The second-order valence-electron chi connectivity index (χ2n) is 6.23. The maximum absolute atomic E-state index is 9.41. The van der Waals surface area contributed by atoms with Gasteiger partial charge in [-0.3, -0.25) is 0 Å². The predicted molar refractivity (Wildman–Crippen MR) is 105 cm³/mol. The van der Waals surface area contributed by atoms with Gasteiger partial charge < -0.3 is 28.5 Å². The van der Waals surface area contributed by atoms with Crippen LogP contribution in [-0.4, -0.2) is 48.5 Å². The number of phenolic OH excluding ortho intramolecular Hbond substituents is 1. The molecule has 1 saturated heterocycles. The van der Waals surface area contributed by atoms with Crippen molar-refractivity contribution >= 4 is 11.8 Å². The van der Waals surface area contributed by atoms with Gasteiger partial charge in [0.25, 0.3) is 5.22 Å². The number of thioether (sulfide) groups is 1. The first-order chi connectivity index (χ1) is 14.1. The van der Waals surface area contributed by atoms with Gasteiger partial charge in [-0.25, -0.2) is 0 Å². The van der Waals surface area contributed by atoms with Crippen molar-refractivity contribution in [1.82, 2.24) is 10.2 Å². The number of phenols is 1. The van der Waals surface area contributed by atoms with Crippen LogP contribution in [0.2, 0.25) is 0 Å². The van der Waals surface area contributed by atoms with E-state index in [0.717, 1.165) is 11.1 Å². The Labute approximate surface area is 171 Å². The minimum Gasteiger partial charge on any atom is -0.508 e. The largest absolute Gasteiger partial charge is 0.508 e. The van der Waals surface area contributed by atoms with E-state index in [4.69, 9.17) is 23.4 Å². The van der Waals surface area contributed by atoms with Gasteiger partial charge in [0.1, 0.15) is 5.75 Å². The molecule has 4 rings (SSSR count). The van der Waals surface area contributed by atoms with Gasteiger partial charge in [-0.2, -0.15) is 0 Å². The van der Waals surface area contributed by atoms with Crippen LogP contribution < -0.4 is 9.47 Å². The topological polar surface area (TPSA) is 96.1 Å². The maximum Gasteiger partial charge on any atom is 0.277 e. The van der Waals surface area contributed by atoms with Crippen LogP contribution in [0.25, 0.3) is 11.5 Å². The van der Waals surface area contributed by atoms with Crippen molar-refractivity contribution in [2.45, 2.75) is 11.0 Å².